The molecular formula is C88H94N6O16S10. The Hall–Kier alpha value is -9.48. The van der Waals surface area contributed by atoms with Crippen molar-refractivity contribution >= 4 is 142 Å². The molecule has 2 unspecified atom stereocenters. The minimum atomic E-state index is -3.39. The second-order valence-corrected chi connectivity index (χ2v) is 42.6. The fourth-order valence-corrected chi connectivity index (χ4v) is 25.5. The number of fused-ring (bicyclic) bond motifs is 11. The van der Waals surface area contributed by atoms with E-state index < -0.39 is 60.9 Å². The van der Waals surface area contributed by atoms with E-state index in [1.807, 2.05) is 181 Å². The van der Waals surface area contributed by atoms with Gasteiger partial charge in [-0.15, -0.1) is 47.0 Å². The van der Waals surface area contributed by atoms with Gasteiger partial charge in [-0.1, -0.05) is 133 Å². The maximum absolute atomic E-state index is 11.5. The van der Waals surface area contributed by atoms with Gasteiger partial charge in [-0.05, 0) is 133 Å². The first-order valence-corrected chi connectivity index (χ1v) is 52.0. The summed E-state index contributed by atoms with van der Waals surface area (Å²) in [5.74, 6) is 10.8. The highest BCUT2D eigenvalue weighted by molar-refractivity contribution is 8.05. The van der Waals surface area contributed by atoms with Crippen LogP contribution in [0.5, 0.6) is 34.5 Å². The van der Waals surface area contributed by atoms with Gasteiger partial charge in [-0.3, -0.25) is 8.42 Å². The fraction of sp³-hybridized carbons (Fsp3) is 0.250. The largest absolute Gasteiger partial charge is 0.492 e. The molecule has 120 heavy (non-hydrogen) atoms. The van der Waals surface area contributed by atoms with Gasteiger partial charge in [0.1, 0.15) is 60.9 Å². The highest BCUT2D eigenvalue weighted by atomic mass is 32.2. The van der Waals surface area contributed by atoms with Crippen LogP contribution in [-0.4, -0.2) is 179 Å². The zero-order valence-corrected chi connectivity index (χ0v) is 73.7. The molecule has 0 radical (unpaired) electrons. The molecule has 11 aliphatic heterocycles. The predicted octanol–water partition coefficient (Wildman–Crippen LogP) is 16.1. The zero-order chi connectivity index (χ0) is 83.8. The van der Waals surface area contributed by atoms with Crippen LogP contribution in [0.2, 0.25) is 0 Å². The number of sulfone groups is 4. The number of para-hydroxylation sites is 12. The minimum Gasteiger partial charge on any atom is -0.492 e. The molecule has 0 amide bonds. The minimum absolute atomic E-state index is 0.0637. The van der Waals surface area contributed by atoms with Crippen LogP contribution in [0, 0.1) is 0 Å². The highest BCUT2D eigenvalue weighted by Crippen LogP contribution is 2.38. The van der Waals surface area contributed by atoms with Gasteiger partial charge >= 0.3 is 0 Å². The number of thioether (sulfide) groups is 4. The van der Waals surface area contributed by atoms with Crippen LogP contribution in [0.3, 0.4) is 0 Å². The predicted molar refractivity (Wildman–Crippen MR) is 488 cm³/mol. The average Bonchev–Trinajstić information content (AvgIpc) is 0.760. The molecule has 632 valence electrons. The van der Waals surface area contributed by atoms with E-state index >= 15 is 0 Å². The number of rotatable bonds is 0. The third-order valence-electron chi connectivity index (χ3n) is 18.3. The first-order chi connectivity index (χ1) is 58.4. The van der Waals surface area contributed by atoms with Crippen LogP contribution < -0.4 is 60.3 Å². The number of anilines is 6. The van der Waals surface area contributed by atoms with E-state index in [-0.39, 0.29) is 39.4 Å². The van der Waals surface area contributed by atoms with E-state index in [1.165, 1.54) is 78.2 Å². The molecule has 22 rings (SSSR count). The Kier molecular flexibility index (Phi) is 34.0. The van der Waals surface area contributed by atoms with Crippen LogP contribution >= 0.6 is 47.0 Å². The number of hydrogen-bond donors (Lipinski definition) is 6. The van der Waals surface area contributed by atoms with Gasteiger partial charge in [0, 0.05) is 93.3 Å². The van der Waals surface area contributed by atoms with Crippen LogP contribution in [-0.2, 0) is 60.9 Å². The van der Waals surface area contributed by atoms with Gasteiger partial charge < -0.3 is 60.3 Å². The lowest BCUT2D eigenvalue weighted by molar-refractivity contribution is 0.171. The molecule has 11 heterocycles. The number of nitrogens with one attached hydrogen (secondary N) is 6. The summed E-state index contributed by atoms with van der Waals surface area (Å²) in [7, 11) is -14.5. The molecule has 32 heteroatoms. The molecule has 11 aliphatic rings. The lowest BCUT2D eigenvalue weighted by Gasteiger charge is -2.18. The Morgan fingerprint density at radius 3 is 1.21 bits per heavy atom. The van der Waals surface area contributed by atoms with Crippen LogP contribution in [0.15, 0.2) is 316 Å². The molecule has 6 N–H and O–H groups in total. The van der Waals surface area contributed by atoms with Crippen molar-refractivity contribution in [3.05, 3.63) is 267 Å². The van der Waals surface area contributed by atoms with E-state index in [0.29, 0.717) is 47.7 Å². The number of ether oxygens (including phenoxy) is 6. The standard InChI is InChI=1S/C8H10N2.C8H9NO2S.C8H9NOS.C8H9NO.C8H9NS.C8H8O4S2.C8H8O3S.C8H8O2S.C8H8O2.C8H8OS.C8H8S2/c1-2-4-8-7(3-1)9-5-6-10-8;10-12(11)6-5-9-7-3-1-2-4-8(7)12;10-11-6-5-9-7-3-1-2-4-8(7)11;2*1-2-4-8-7(3-1)9-5-6-10-8;9-13(10)5-6-14(11,12)8-4-2-1-3-7(8)13;9-12(10)6-5-11-7-3-1-2-4-8(7)12;9-11-6-5-10-7-3-1-2-4-8(7)11;3*1-2-4-8-7(3-1)9-5-6-10-8/h1-4,9-10H,5-6H2;1-4,9H,5-6H2;1-4,9H,5-6H2;2*1-4,9H,5-6H2;1-4H,5-6H2;1-4H,5-6H2;1-4H,5-6H2;3*1-4H,5-6H2. The van der Waals surface area contributed by atoms with Crippen LogP contribution in [0.25, 0.3) is 0 Å². The number of benzene rings is 11. The maximum atomic E-state index is 11.5. The summed E-state index contributed by atoms with van der Waals surface area (Å²) in [6, 6.07) is 83.8. The van der Waals surface area contributed by atoms with Crippen LogP contribution in [0.1, 0.15) is 0 Å². The summed E-state index contributed by atoms with van der Waals surface area (Å²) in [6.07, 6.45) is 0. The summed E-state index contributed by atoms with van der Waals surface area (Å²) in [5.41, 5.74) is 6.58. The molecule has 11 aromatic carbocycles. The Labute approximate surface area is 725 Å². The fourth-order valence-electron chi connectivity index (χ4n) is 12.5. The molecule has 0 fully saturated rings. The molecule has 11 aromatic rings. The van der Waals surface area contributed by atoms with Gasteiger partial charge in [0.25, 0.3) is 0 Å². The van der Waals surface area contributed by atoms with Gasteiger partial charge in [-0.25, -0.2) is 33.7 Å². The van der Waals surface area contributed by atoms with Gasteiger partial charge in [0.15, 0.2) is 50.8 Å². The van der Waals surface area contributed by atoms with E-state index in [4.69, 9.17) is 28.4 Å². The van der Waals surface area contributed by atoms with E-state index in [1.54, 1.807) is 42.5 Å². The lowest BCUT2D eigenvalue weighted by atomic mass is 10.2. The van der Waals surface area contributed by atoms with Crippen molar-refractivity contribution in [2.45, 2.75) is 49.0 Å². The molecular weight excluding hydrogens is 1720 g/mol. The van der Waals surface area contributed by atoms with Crippen molar-refractivity contribution in [3.8, 4) is 34.5 Å². The summed E-state index contributed by atoms with van der Waals surface area (Å²) < 4.78 is 146. The molecule has 0 aliphatic carbocycles. The first-order valence-electron chi connectivity index (χ1n) is 38.8. The molecule has 2 atom stereocenters. The smallest absolute Gasteiger partial charge is 0.185 e. The van der Waals surface area contributed by atoms with E-state index in [9.17, 15) is 42.1 Å². The van der Waals surface area contributed by atoms with Gasteiger partial charge in [0.05, 0.1) is 110 Å². The molecule has 22 nitrogen and oxygen atoms in total. The van der Waals surface area contributed by atoms with Crippen molar-refractivity contribution < 1.29 is 70.5 Å². The summed E-state index contributed by atoms with van der Waals surface area (Å²) in [6.45, 7) is 9.19. The second kappa shape index (κ2) is 45.4. The van der Waals surface area contributed by atoms with Crippen molar-refractivity contribution in [2.24, 2.45) is 0 Å². The highest BCUT2D eigenvalue weighted by Gasteiger charge is 2.33. The Morgan fingerprint density at radius 1 is 0.233 bits per heavy atom. The third kappa shape index (κ3) is 26.3. The maximum Gasteiger partial charge on any atom is 0.185 e. The van der Waals surface area contributed by atoms with E-state index in [2.05, 4.69) is 98.6 Å². The van der Waals surface area contributed by atoms with Crippen LogP contribution in [0.4, 0.5) is 34.1 Å². The van der Waals surface area contributed by atoms with Crippen molar-refractivity contribution in [1.82, 2.24) is 0 Å². The normalized spacial score (nSPS) is 18.2. The third-order valence-corrected chi connectivity index (χ3v) is 33.2. The van der Waals surface area contributed by atoms with Crippen molar-refractivity contribution in [2.75, 3.05) is 168 Å². The van der Waals surface area contributed by atoms with Gasteiger partial charge in [-0.2, -0.15) is 0 Å². The Bertz CT molecular complexity index is 5020. The van der Waals surface area contributed by atoms with Crippen molar-refractivity contribution in [3.63, 3.8) is 0 Å². The van der Waals surface area contributed by atoms with Crippen molar-refractivity contribution in [1.29, 1.82) is 0 Å². The Balaban J connectivity index is 0.000000121. The molecule has 0 aromatic heterocycles. The summed E-state index contributed by atoms with van der Waals surface area (Å²) in [4.78, 5) is 7.96. The Morgan fingerprint density at radius 2 is 0.625 bits per heavy atom. The topological polar surface area (TPSA) is 298 Å². The van der Waals surface area contributed by atoms with E-state index in [0.717, 1.165) is 113 Å². The second-order valence-electron chi connectivity index (χ2n) is 26.6. The summed E-state index contributed by atoms with van der Waals surface area (Å²) in [5, 5.41) is 19.4. The number of hydrogen-bond acceptors (Lipinski definition) is 26. The molecule has 0 saturated heterocycles. The first kappa shape index (κ1) is 89.8. The lowest BCUT2D eigenvalue weighted by Crippen LogP contribution is -2.25. The quantitative estimate of drug-likeness (QED) is 0.0822. The average molecular weight is 1810 g/mol. The molecule has 0 spiro atoms. The molecule has 0 saturated carbocycles. The summed E-state index contributed by atoms with van der Waals surface area (Å²) >= 11 is 7.73. The monoisotopic (exact) mass is 1810 g/mol. The molecule has 0 bridgehead atoms. The zero-order valence-electron chi connectivity index (χ0n) is 65.6. The van der Waals surface area contributed by atoms with Gasteiger partial charge in [0.2, 0.25) is 0 Å². The SMILES string of the molecule is O=S1(=O)CCNc2ccccc21.O=S1(=O)CCOc2ccccc21.O=S1(=O)CCS(=O)(=O)c2ccccc21.O=S1CCNc2ccccc21.O=S1CCOc2ccccc21.c1ccc2c(c1)NCCN2.c1ccc2c(c1)NCCO2.c1ccc2c(c1)NCCS2.c1ccc2c(c1)OCCO2.c1ccc2c(c1)OCCS2.c1ccc2c(c1)SCCS2.